The summed E-state index contributed by atoms with van der Waals surface area (Å²) in [5.74, 6) is -1.98. The lowest BCUT2D eigenvalue weighted by Gasteiger charge is -2.56. The van der Waals surface area contributed by atoms with E-state index in [2.05, 4.69) is 6.08 Å². The normalized spacial score (nSPS) is 29.3. The van der Waals surface area contributed by atoms with Crippen LogP contribution in [0, 0.1) is 0 Å². The molecule has 1 aromatic carbocycles. The van der Waals surface area contributed by atoms with Crippen LogP contribution in [-0.2, 0) is 4.74 Å². The molecule has 32 heavy (non-hydrogen) atoms. The smallest absolute Gasteiger partial charge is 0.198 e. The number of benzene rings is 1. The zero-order valence-corrected chi connectivity index (χ0v) is 20.6. The molecule has 1 saturated heterocycles. The van der Waals surface area contributed by atoms with Gasteiger partial charge in [-0.3, -0.25) is 9.59 Å². The van der Waals surface area contributed by atoms with Crippen LogP contribution < -0.4 is 0 Å². The molecule has 7 heteroatoms. The molecule has 2 N–H and O–H groups in total. The van der Waals surface area contributed by atoms with Crippen molar-refractivity contribution in [1.82, 2.24) is 0 Å². The molecule has 0 amide bonds. The number of halogens is 2. The van der Waals surface area contributed by atoms with Crippen molar-refractivity contribution in [3.63, 3.8) is 0 Å². The molecule has 1 fully saturated rings. The van der Waals surface area contributed by atoms with Crippen LogP contribution >= 0.6 is 23.2 Å². The van der Waals surface area contributed by atoms with E-state index in [1.54, 1.807) is 13.8 Å². The maximum Gasteiger partial charge on any atom is 0.198 e. The van der Waals surface area contributed by atoms with Gasteiger partial charge in [-0.05, 0) is 59.9 Å². The van der Waals surface area contributed by atoms with Gasteiger partial charge in [0, 0.05) is 18.1 Å². The van der Waals surface area contributed by atoms with E-state index in [0.29, 0.717) is 0 Å². The molecule has 2 aliphatic rings. The van der Waals surface area contributed by atoms with Crippen molar-refractivity contribution in [2.24, 2.45) is 0 Å². The average molecular weight is 481 g/mol. The second-order valence-electron chi connectivity index (χ2n) is 9.63. The number of aromatic hydroxyl groups is 2. The SMILES string of the molecule is CC(C)=CCCC(C)=CC[C@]12OC(C)(C)[C@H](Cl)C[C@@]1(Cl)C(=O)c1c(O)cc(O)cc1C2=O. The molecule has 174 valence electrons. The van der Waals surface area contributed by atoms with Crippen molar-refractivity contribution in [2.75, 3.05) is 0 Å². The number of phenols is 2. The van der Waals surface area contributed by atoms with Gasteiger partial charge in [0.25, 0.3) is 0 Å². The zero-order chi connectivity index (χ0) is 24.1. The summed E-state index contributed by atoms with van der Waals surface area (Å²) in [6.45, 7) is 9.57. The van der Waals surface area contributed by atoms with Gasteiger partial charge < -0.3 is 14.9 Å². The van der Waals surface area contributed by atoms with Crippen molar-refractivity contribution < 1.29 is 24.5 Å². The Morgan fingerprint density at radius 1 is 1.16 bits per heavy atom. The minimum atomic E-state index is -1.79. The molecule has 0 bridgehead atoms. The number of carbonyl (C=O) groups is 2. The van der Waals surface area contributed by atoms with Crippen LogP contribution in [0.5, 0.6) is 11.5 Å². The highest BCUT2D eigenvalue weighted by Crippen LogP contribution is 2.56. The van der Waals surface area contributed by atoms with Gasteiger partial charge in [-0.2, -0.15) is 0 Å². The van der Waals surface area contributed by atoms with Crippen LogP contribution in [0.2, 0.25) is 0 Å². The number of alkyl halides is 2. The van der Waals surface area contributed by atoms with Crippen LogP contribution in [0.4, 0.5) is 0 Å². The standard InChI is InChI=1S/C25H30Cl2O5/c1-14(2)7-6-8-15(3)9-10-25-21(30)17-11-16(28)12-18(29)20(17)22(31)24(25,27)13-19(26)23(4,5)32-25/h7,9,11-12,19,28-29H,6,8,10,13H2,1-5H3/t19-,24-,25-/m1/s1. The third-order valence-corrected chi connectivity index (χ3v) is 7.73. The van der Waals surface area contributed by atoms with E-state index in [1.807, 2.05) is 26.8 Å². The number of fused-ring (bicyclic) bond motifs is 2. The lowest BCUT2D eigenvalue weighted by atomic mass is 9.63. The molecule has 0 spiro atoms. The van der Waals surface area contributed by atoms with Gasteiger partial charge in [0.1, 0.15) is 16.4 Å². The quantitative estimate of drug-likeness (QED) is 0.393. The summed E-state index contributed by atoms with van der Waals surface area (Å²) in [5, 5.41) is 19.7. The molecule has 0 aromatic heterocycles. The van der Waals surface area contributed by atoms with Crippen molar-refractivity contribution in [1.29, 1.82) is 0 Å². The minimum absolute atomic E-state index is 0.00189. The monoisotopic (exact) mass is 480 g/mol. The Kier molecular flexibility index (Phi) is 6.60. The number of rotatable bonds is 5. The molecule has 0 unspecified atom stereocenters. The second-order valence-corrected chi connectivity index (χ2v) is 10.8. The van der Waals surface area contributed by atoms with Crippen LogP contribution in [0.3, 0.4) is 0 Å². The Morgan fingerprint density at radius 3 is 2.44 bits per heavy atom. The number of allylic oxidation sites excluding steroid dienone is 3. The predicted octanol–water partition coefficient (Wildman–Crippen LogP) is 6.08. The number of hydrogen-bond donors (Lipinski definition) is 2. The number of carbonyl (C=O) groups excluding carboxylic acids is 2. The van der Waals surface area contributed by atoms with Crippen molar-refractivity contribution in [2.45, 2.75) is 81.8 Å². The third kappa shape index (κ3) is 4.00. The Bertz CT molecular complexity index is 1020. The van der Waals surface area contributed by atoms with Gasteiger partial charge in [0.15, 0.2) is 17.2 Å². The van der Waals surface area contributed by atoms with Crippen LogP contribution in [0.25, 0.3) is 0 Å². The number of hydrogen-bond acceptors (Lipinski definition) is 5. The Hall–Kier alpha value is -1.82. The molecular weight excluding hydrogens is 451 g/mol. The lowest BCUT2D eigenvalue weighted by Crippen LogP contribution is -2.72. The van der Waals surface area contributed by atoms with Gasteiger partial charge in [-0.25, -0.2) is 0 Å². The second kappa shape index (κ2) is 8.51. The largest absolute Gasteiger partial charge is 0.508 e. The fourth-order valence-electron chi connectivity index (χ4n) is 4.50. The Morgan fingerprint density at radius 2 is 1.81 bits per heavy atom. The Balaban J connectivity index is 2.14. The molecule has 3 rings (SSSR count). The van der Waals surface area contributed by atoms with E-state index in [-0.39, 0.29) is 29.7 Å². The van der Waals surface area contributed by atoms with E-state index in [4.69, 9.17) is 27.9 Å². The first-order valence-corrected chi connectivity index (χ1v) is 11.5. The topological polar surface area (TPSA) is 83.8 Å². The van der Waals surface area contributed by atoms with Crippen molar-refractivity contribution in [3.8, 4) is 11.5 Å². The molecule has 0 saturated carbocycles. The first kappa shape index (κ1) is 24.8. The van der Waals surface area contributed by atoms with Gasteiger partial charge in [0.2, 0.25) is 0 Å². The van der Waals surface area contributed by atoms with E-state index >= 15 is 0 Å². The molecule has 1 heterocycles. The summed E-state index contributed by atoms with van der Waals surface area (Å²) >= 11 is 13.5. The minimum Gasteiger partial charge on any atom is -0.508 e. The summed E-state index contributed by atoms with van der Waals surface area (Å²) in [7, 11) is 0. The van der Waals surface area contributed by atoms with E-state index in [9.17, 15) is 19.8 Å². The molecule has 3 atom stereocenters. The highest BCUT2D eigenvalue weighted by molar-refractivity contribution is 6.45. The van der Waals surface area contributed by atoms with Crippen LogP contribution in [-0.4, -0.2) is 43.2 Å². The summed E-state index contributed by atoms with van der Waals surface area (Å²) in [5.41, 5.74) is -0.680. The number of ether oxygens (including phenoxy) is 1. The van der Waals surface area contributed by atoms with Gasteiger partial charge >= 0.3 is 0 Å². The molecule has 0 radical (unpaired) electrons. The number of Topliss-reactive ketones (excluding diaryl/α,β-unsaturated/α-hetero) is 2. The maximum atomic E-state index is 13.9. The summed E-state index contributed by atoms with van der Waals surface area (Å²) in [6.07, 6.45) is 5.74. The highest BCUT2D eigenvalue weighted by atomic mass is 35.5. The number of phenolic OH excluding ortho intramolecular Hbond substituents is 2. The highest BCUT2D eigenvalue weighted by Gasteiger charge is 2.70. The molecule has 1 aliphatic heterocycles. The van der Waals surface area contributed by atoms with Crippen LogP contribution in [0.1, 0.15) is 81.0 Å². The molecule has 1 aliphatic carbocycles. The molecular formula is C25H30Cl2O5. The maximum absolute atomic E-state index is 13.9. The summed E-state index contributed by atoms with van der Waals surface area (Å²) in [4.78, 5) is 25.7. The van der Waals surface area contributed by atoms with Crippen molar-refractivity contribution in [3.05, 3.63) is 46.6 Å². The van der Waals surface area contributed by atoms with E-state index in [1.165, 1.54) is 11.6 Å². The first-order valence-electron chi connectivity index (χ1n) is 10.7. The van der Waals surface area contributed by atoms with E-state index in [0.717, 1.165) is 24.5 Å². The number of ketones is 2. The van der Waals surface area contributed by atoms with Crippen LogP contribution in [0.15, 0.2) is 35.4 Å². The average Bonchev–Trinajstić information content (AvgIpc) is 2.67. The van der Waals surface area contributed by atoms with Crippen molar-refractivity contribution >= 4 is 34.8 Å². The summed E-state index contributed by atoms with van der Waals surface area (Å²) in [6, 6.07) is 2.21. The lowest BCUT2D eigenvalue weighted by molar-refractivity contribution is -0.157. The summed E-state index contributed by atoms with van der Waals surface area (Å²) < 4.78 is 6.34. The van der Waals surface area contributed by atoms with Gasteiger partial charge in [-0.1, -0.05) is 23.3 Å². The van der Waals surface area contributed by atoms with Gasteiger partial charge in [0.05, 0.1) is 16.5 Å². The fraction of sp³-hybridized carbons (Fsp3) is 0.520. The zero-order valence-electron chi connectivity index (χ0n) is 19.1. The predicted molar refractivity (Wildman–Crippen MR) is 126 cm³/mol. The Labute approximate surface area is 199 Å². The van der Waals surface area contributed by atoms with E-state index < -0.39 is 38.8 Å². The first-order chi connectivity index (χ1) is 14.7. The molecule has 5 nitrogen and oxygen atoms in total. The molecule has 1 aromatic rings. The van der Waals surface area contributed by atoms with Gasteiger partial charge in [-0.15, -0.1) is 23.2 Å². The third-order valence-electron chi connectivity index (χ3n) is 6.42. The fourth-order valence-corrected chi connectivity index (χ4v) is 5.31.